The molecule has 20 nitrogen and oxygen atoms in total. The number of aromatic hydroxyl groups is 1. The maximum absolute atomic E-state index is 12.5. The molecule has 6 aromatic carbocycles. The molecule has 3 unspecified atom stereocenters. The van der Waals surface area contributed by atoms with E-state index in [0.29, 0.717) is 42.0 Å². The summed E-state index contributed by atoms with van der Waals surface area (Å²) in [5.74, 6) is -4.91. The average molecular weight is 1160 g/mol. The van der Waals surface area contributed by atoms with Crippen LogP contribution in [0, 0.1) is 27.9 Å². The number of rotatable bonds is 19. The lowest BCUT2D eigenvalue weighted by Gasteiger charge is -2.14. The van der Waals surface area contributed by atoms with Crippen LogP contribution in [-0.2, 0) is 33.6 Å². The Hall–Kier alpha value is -11.4. The molecule has 3 amide bonds. The molecule has 3 aromatic heterocycles. The van der Waals surface area contributed by atoms with Crippen molar-refractivity contribution in [2.45, 2.75) is 40.0 Å². The Bertz CT molecular complexity index is 3680. The van der Waals surface area contributed by atoms with Gasteiger partial charge in [-0.2, -0.15) is 0 Å². The summed E-state index contributed by atoms with van der Waals surface area (Å²) < 4.78 is 0. The first-order chi connectivity index (χ1) is 41.2. The number of aromatic nitrogens is 3. The van der Waals surface area contributed by atoms with Crippen LogP contribution >= 0.6 is 0 Å². The highest BCUT2D eigenvalue weighted by Crippen LogP contribution is 2.26. The number of nitrogens with zero attached hydrogens (tertiary/aromatic N) is 4. The molecule has 20 heteroatoms. The van der Waals surface area contributed by atoms with Crippen LogP contribution in [0.25, 0.3) is 33.8 Å². The van der Waals surface area contributed by atoms with Gasteiger partial charge in [0.25, 0.3) is 5.69 Å². The van der Waals surface area contributed by atoms with Crippen molar-refractivity contribution in [2.24, 2.45) is 17.8 Å². The lowest BCUT2D eigenvalue weighted by Crippen LogP contribution is -2.23. The zero-order valence-corrected chi connectivity index (χ0v) is 46.8. The average Bonchev–Trinajstić information content (AvgIpc) is 3.61. The van der Waals surface area contributed by atoms with Crippen molar-refractivity contribution >= 4 is 64.1 Å². The Morgan fingerprint density at radius 3 is 1.03 bits per heavy atom. The number of nitrogen functional groups attached to an aromatic ring is 1. The van der Waals surface area contributed by atoms with Gasteiger partial charge in [0.1, 0.15) is 11.9 Å². The van der Waals surface area contributed by atoms with Crippen molar-refractivity contribution in [3.8, 4) is 39.5 Å². The maximum Gasteiger partial charge on any atom is 0.337 e. The van der Waals surface area contributed by atoms with E-state index in [1.165, 1.54) is 36.7 Å². The number of carboxylic acid groups (broad SMARTS) is 3. The van der Waals surface area contributed by atoms with Gasteiger partial charge in [0.05, 0.1) is 73.8 Å². The van der Waals surface area contributed by atoms with E-state index < -0.39 is 22.8 Å². The Labute approximate surface area is 494 Å². The molecule has 0 radical (unpaired) electrons. The molecule has 3 heterocycles. The van der Waals surface area contributed by atoms with E-state index in [9.17, 15) is 59.3 Å². The molecule has 9 aromatic rings. The SMILES string of the molecule is CC(Cc1ccc(-c2ccc(N)cn2)cc1)C(=O)Nc1ccccc1C(=O)O.CC(Cc1ccc(-c2ccc(O)cn2)cc1)C(=O)Nc1ccccc1C(=O)O.CC(Cc1ccc(-c2ccc([N+](=O)[O-])cn2)cc1)C(=O)Nc1ccccc1C(=O)O. The van der Waals surface area contributed by atoms with Crippen LogP contribution in [0.1, 0.15) is 68.5 Å². The van der Waals surface area contributed by atoms with Crippen molar-refractivity contribution in [3.05, 3.63) is 244 Å². The lowest BCUT2D eigenvalue weighted by molar-refractivity contribution is -0.385. The van der Waals surface area contributed by atoms with Gasteiger partial charge in [-0.1, -0.05) is 130 Å². The van der Waals surface area contributed by atoms with E-state index in [1.807, 2.05) is 85.8 Å². The number of anilines is 4. The summed E-state index contributed by atoms with van der Waals surface area (Å²) in [5, 5.41) is 55.8. The van der Waals surface area contributed by atoms with Crippen molar-refractivity contribution in [2.75, 3.05) is 21.7 Å². The number of aromatic carboxylic acids is 3. The molecule has 0 aliphatic rings. The summed E-state index contributed by atoms with van der Waals surface area (Å²) in [6, 6.07) is 51.9. The Morgan fingerprint density at radius 2 is 0.756 bits per heavy atom. The smallest absolute Gasteiger partial charge is 0.337 e. The van der Waals surface area contributed by atoms with Crippen molar-refractivity contribution in [1.29, 1.82) is 0 Å². The quantitative estimate of drug-likeness (QED) is 0.0275. The van der Waals surface area contributed by atoms with Crippen LogP contribution in [0.4, 0.5) is 28.4 Å². The van der Waals surface area contributed by atoms with Gasteiger partial charge in [-0.05, 0) is 103 Å². The number of carbonyl (C=O) groups excluding carboxylic acids is 3. The summed E-state index contributed by atoms with van der Waals surface area (Å²) in [4.78, 5) is 94.1. The molecule has 0 saturated heterocycles. The monoisotopic (exact) mass is 1160 g/mol. The Balaban J connectivity index is 0.000000185. The third-order valence-corrected chi connectivity index (χ3v) is 13.5. The highest BCUT2D eigenvalue weighted by molar-refractivity contribution is 6.03. The number of nitrogens with two attached hydrogens (primary N) is 1. The number of carbonyl (C=O) groups is 6. The normalized spacial score (nSPS) is 11.6. The highest BCUT2D eigenvalue weighted by atomic mass is 16.6. The highest BCUT2D eigenvalue weighted by Gasteiger charge is 2.21. The van der Waals surface area contributed by atoms with Gasteiger partial charge in [-0.25, -0.2) is 19.4 Å². The Morgan fingerprint density at radius 1 is 0.442 bits per heavy atom. The third-order valence-electron chi connectivity index (χ3n) is 13.5. The molecule has 436 valence electrons. The van der Waals surface area contributed by atoms with E-state index in [0.717, 1.165) is 44.8 Å². The van der Waals surface area contributed by atoms with Gasteiger partial charge in [-0.3, -0.25) is 34.5 Å². The molecule has 0 aliphatic heterocycles. The third kappa shape index (κ3) is 17.6. The van der Waals surface area contributed by atoms with E-state index in [1.54, 1.807) is 98.9 Å². The number of pyridine rings is 3. The Kier molecular flexibility index (Phi) is 21.4. The van der Waals surface area contributed by atoms with Crippen LogP contribution in [-0.4, -0.2) is 75.9 Å². The molecule has 3 atom stereocenters. The van der Waals surface area contributed by atoms with Crippen molar-refractivity contribution < 1.29 is 54.1 Å². The van der Waals surface area contributed by atoms with Crippen LogP contribution in [0.15, 0.2) is 201 Å². The number of nitro groups is 1. The first-order valence-corrected chi connectivity index (χ1v) is 26.9. The molecular weight excluding hydrogens is 1100 g/mol. The number of hydrogen-bond donors (Lipinski definition) is 8. The van der Waals surface area contributed by atoms with Crippen LogP contribution < -0.4 is 21.7 Å². The second kappa shape index (κ2) is 29.5. The van der Waals surface area contributed by atoms with E-state index in [-0.39, 0.29) is 69.3 Å². The number of carboxylic acids is 3. The lowest BCUT2D eigenvalue weighted by atomic mass is 9.98. The minimum atomic E-state index is -1.10. The van der Waals surface area contributed by atoms with Crippen LogP contribution in [0.3, 0.4) is 0 Å². The van der Waals surface area contributed by atoms with E-state index in [4.69, 9.17) is 5.73 Å². The molecular formula is C66H60N8O12. The summed E-state index contributed by atoms with van der Waals surface area (Å²) in [7, 11) is 0. The predicted octanol–water partition coefficient (Wildman–Crippen LogP) is 12.0. The molecule has 0 spiro atoms. The number of amides is 3. The summed E-state index contributed by atoms with van der Waals surface area (Å²) in [5.41, 5.74) is 15.0. The van der Waals surface area contributed by atoms with Gasteiger partial charge in [0.15, 0.2) is 0 Å². The molecule has 0 saturated carbocycles. The zero-order valence-electron chi connectivity index (χ0n) is 46.8. The molecule has 86 heavy (non-hydrogen) atoms. The maximum atomic E-state index is 12.5. The largest absolute Gasteiger partial charge is 0.506 e. The minimum absolute atomic E-state index is 0.0398. The van der Waals surface area contributed by atoms with Gasteiger partial charge in [0, 0.05) is 40.5 Å². The van der Waals surface area contributed by atoms with Gasteiger partial charge < -0.3 is 42.1 Å². The number of nitrogens with one attached hydrogen (secondary N) is 3. The second-order valence-corrected chi connectivity index (χ2v) is 20.0. The summed E-state index contributed by atoms with van der Waals surface area (Å²) >= 11 is 0. The molecule has 9 rings (SSSR count). The fraction of sp³-hybridized carbons (Fsp3) is 0.136. The summed E-state index contributed by atoms with van der Waals surface area (Å²) in [6.45, 7) is 5.38. The standard InChI is InChI=1S/C22H19N3O5.C22H21N3O3.C22H20N2O4/c1-14(21(26)24-20-5-3-2-4-18(20)22(27)28)12-15-6-8-16(9-7-15)19-11-10-17(13-23-19)25(29)30;1-14(21(26)25-20-5-3-2-4-18(20)22(27)28)12-15-6-8-16(9-7-15)19-11-10-17(23)13-24-19;1-14(21(26)24-20-5-3-2-4-18(20)22(27)28)12-15-6-8-16(9-7-15)19-11-10-17(25)13-23-19/h2-11,13-14H,12H2,1H3,(H,24,26)(H,27,28);2-11,13-14H,12,23H2,1H3,(H,25,26)(H,27,28);2-11,13-14,25H,12H2,1H3,(H,24,26)(H,27,28). The number of para-hydroxylation sites is 3. The summed E-state index contributed by atoms with van der Waals surface area (Å²) in [6.07, 6.45) is 5.75. The number of benzene rings is 6. The van der Waals surface area contributed by atoms with E-state index >= 15 is 0 Å². The van der Waals surface area contributed by atoms with Crippen molar-refractivity contribution in [3.63, 3.8) is 0 Å². The minimum Gasteiger partial charge on any atom is -0.506 e. The van der Waals surface area contributed by atoms with E-state index in [2.05, 4.69) is 30.9 Å². The number of hydrogen-bond acceptors (Lipinski definition) is 13. The first-order valence-electron chi connectivity index (χ1n) is 26.9. The van der Waals surface area contributed by atoms with Gasteiger partial charge in [-0.15, -0.1) is 0 Å². The fourth-order valence-electron chi connectivity index (χ4n) is 8.67. The topological polar surface area (TPSA) is 327 Å². The van der Waals surface area contributed by atoms with Crippen LogP contribution in [0.2, 0.25) is 0 Å². The predicted molar refractivity (Wildman–Crippen MR) is 326 cm³/mol. The van der Waals surface area contributed by atoms with Gasteiger partial charge in [0.2, 0.25) is 17.7 Å². The van der Waals surface area contributed by atoms with Gasteiger partial charge >= 0.3 is 17.9 Å². The molecule has 0 fully saturated rings. The molecule has 9 N–H and O–H groups in total. The fourth-order valence-corrected chi connectivity index (χ4v) is 8.67. The molecule has 0 bridgehead atoms. The van der Waals surface area contributed by atoms with Crippen LogP contribution in [0.5, 0.6) is 5.75 Å². The van der Waals surface area contributed by atoms with Crippen molar-refractivity contribution in [1.82, 2.24) is 15.0 Å². The molecule has 0 aliphatic carbocycles. The zero-order chi connectivity index (χ0) is 61.9. The second-order valence-electron chi connectivity index (χ2n) is 20.0. The first kappa shape index (κ1) is 62.2.